The van der Waals surface area contributed by atoms with Gasteiger partial charge in [0.1, 0.15) is 17.5 Å². The summed E-state index contributed by atoms with van der Waals surface area (Å²) in [6.45, 7) is 1.82. The van der Waals surface area contributed by atoms with E-state index in [1.54, 1.807) is 29.2 Å². The van der Waals surface area contributed by atoms with Crippen molar-refractivity contribution in [2.75, 3.05) is 23.9 Å². The van der Waals surface area contributed by atoms with Gasteiger partial charge in [-0.3, -0.25) is 14.3 Å². The molecule has 4 rings (SSSR count). The lowest BCUT2D eigenvalue weighted by Crippen LogP contribution is -2.47. The first-order chi connectivity index (χ1) is 18.1. The summed E-state index contributed by atoms with van der Waals surface area (Å²) in [4.78, 5) is 28.0. The van der Waals surface area contributed by atoms with E-state index < -0.39 is 25.1 Å². The number of nitrogens with one attached hydrogen (secondary N) is 1. The van der Waals surface area contributed by atoms with Crippen molar-refractivity contribution in [2.24, 2.45) is 0 Å². The Balaban J connectivity index is 1.49. The van der Waals surface area contributed by atoms with Gasteiger partial charge in [0.2, 0.25) is 0 Å². The number of amides is 2. The third-order valence-corrected chi connectivity index (χ3v) is 5.98. The standard InChI is InChI=1S/C26H24F3N5O4/c1-16-14-33-23(21(13-31-33)32-24(35)18-5-8-22(37-2)19(11-18)12-30)25(36)34(16)20-6-3-17(4-7-20)15-38-10-9-26(27,28)29/h3-8,11,13,16H,9-10,14-15H2,1-2H3,(H,32,35). The summed E-state index contributed by atoms with van der Waals surface area (Å²) < 4.78 is 48.6. The van der Waals surface area contributed by atoms with Gasteiger partial charge in [0, 0.05) is 11.3 Å². The third-order valence-electron chi connectivity index (χ3n) is 5.98. The highest BCUT2D eigenvalue weighted by Gasteiger charge is 2.34. The smallest absolute Gasteiger partial charge is 0.391 e. The maximum atomic E-state index is 13.5. The second-order valence-electron chi connectivity index (χ2n) is 8.68. The van der Waals surface area contributed by atoms with Crippen molar-refractivity contribution in [1.82, 2.24) is 9.78 Å². The van der Waals surface area contributed by atoms with Gasteiger partial charge in [0.05, 0.1) is 56.8 Å². The number of hydrogen-bond donors (Lipinski definition) is 1. The van der Waals surface area contributed by atoms with Crippen LogP contribution in [-0.4, -0.2) is 47.5 Å². The van der Waals surface area contributed by atoms with E-state index in [0.29, 0.717) is 23.5 Å². The Labute approximate surface area is 216 Å². The number of anilines is 2. The van der Waals surface area contributed by atoms with Crippen LogP contribution >= 0.6 is 0 Å². The average Bonchev–Trinajstić information content (AvgIpc) is 3.28. The van der Waals surface area contributed by atoms with Crippen LogP contribution in [0.3, 0.4) is 0 Å². The van der Waals surface area contributed by atoms with Gasteiger partial charge >= 0.3 is 6.18 Å². The molecule has 2 aromatic carbocycles. The van der Waals surface area contributed by atoms with Crippen molar-refractivity contribution in [1.29, 1.82) is 5.26 Å². The van der Waals surface area contributed by atoms with Crippen LogP contribution in [0.5, 0.6) is 5.75 Å². The zero-order chi connectivity index (χ0) is 27.4. The van der Waals surface area contributed by atoms with E-state index in [4.69, 9.17) is 9.47 Å². The molecule has 0 radical (unpaired) electrons. The topological polar surface area (TPSA) is 109 Å². The predicted molar refractivity (Wildman–Crippen MR) is 131 cm³/mol. The largest absolute Gasteiger partial charge is 0.495 e. The number of nitriles is 1. The van der Waals surface area contributed by atoms with Crippen molar-refractivity contribution in [2.45, 2.75) is 38.7 Å². The minimum absolute atomic E-state index is 0.0156. The van der Waals surface area contributed by atoms with E-state index in [0.717, 1.165) is 0 Å². The first-order valence-electron chi connectivity index (χ1n) is 11.6. The molecule has 1 unspecified atom stereocenters. The van der Waals surface area contributed by atoms with Crippen molar-refractivity contribution in [3.8, 4) is 11.8 Å². The minimum atomic E-state index is -4.27. The summed E-state index contributed by atoms with van der Waals surface area (Å²) >= 11 is 0. The van der Waals surface area contributed by atoms with Crippen molar-refractivity contribution in [3.05, 3.63) is 71.0 Å². The fourth-order valence-electron chi connectivity index (χ4n) is 4.12. The highest BCUT2D eigenvalue weighted by atomic mass is 19.4. The summed E-state index contributed by atoms with van der Waals surface area (Å²) in [6.07, 6.45) is -3.89. The van der Waals surface area contributed by atoms with Crippen LogP contribution < -0.4 is 15.0 Å². The first-order valence-corrected chi connectivity index (χ1v) is 11.6. The van der Waals surface area contributed by atoms with Gasteiger partial charge in [-0.05, 0) is 42.8 Å². The summed E-state index contributed by atoms with van der Waals surface area (Å²) in [5, 5.41) is 16.3. The first kappa shape index (κ1) is 26.7. The molecule has 12 heteroatoms. The number of ether oxygens (including phenoxy) is 2. The van der Waals surface area contributed by atoms with Crippen molar-refractivity contribution >= 4 is 23.2 Å². The van der Waals surface area contributed by atoms with Crippen molar-refractivity contribution < 1.29 is 32.2 Å². The zero-order valence-electron chi connectivity index (χ0n) is 20.6. The summed E-state index contributed by atoms with van der Waals surface area (Å²) in [5.74, 6) is -0.559. The fourth-order valence-corrected chi connectivity index (χ4v) is 4.12. The molecule has 0 saturated carbocycles. The number of aromatic nitrogens is 2. The van der Waals surface area contributed by atoms with E-state index in [1.165, 1.54) is 36.2 Å². The maximum Gasteiger partial charge on any atom is 0.391 e. The number of alkyl halides is 3. The highest BCUT2D eigenvalue weighted by Crippen LogP contribution is 2.30. The second kappa shape index (κ2) is 10.9. The lowest BCUT2D eigenvalue weighted by molar-refractivity contribution is -0.146. The molecule has 0 bridgehead atoms. The van der Waals surface area contributed by atoms with Gasteiger partial charge in [-0.1, -0.05) is 12.1 Å². The molecule has 1 atom stereocenters. The monoisotopic (exact) mass is 527 g/mol. The third kappa shape index (κ3) is 5.78. The number of nitrogens with zero attached hydrogens (tertiary/aromatic N) is 4. The van der Waals surface area contributed by atoms with E-state index in [9.17, 15) is 28.0 Å². The minimum Gasteiger partial charge on any atom is -0.495 e. The quantitative estimate of drug-likeness (QED) is 0.431. The Morgan fingerprint density at radius 3 is 2.63 bits per heavy atom. The normalized spacial score (nSPS) is 15.1. The Morgan fingerprint density at radius 2 is 1.97 bits per heavy atom. The summed E-state index contributed by atoms with van der Waals surface area (Å²) in [6, 6.07) is 12.9. The Bertz CT molecular complexity index is 1380. The van der Waals surface area contributed by atoms with E-state index in [1.807, 2.05) is 13.0 Å². The number of fused-ring (bicyclic) bond motifs is 1. The molecule has 0 saturated heterocycles. The van der Waals surface area contributed by atoms with E-state index >= 15 is 0 Å². The van der Waals surface area contributed by atoms with E-state index in [2.05, 4.69) is 10.4 Å². The molecule has 0 fully saturated rings. The van der Waals surface area contributed by atoms with Crippen LogP contribution in [0.25, 0.3) is 0 Å². The second-order valence-corrected chi connectivity index (χ2v) is 8.68. The Morgan fingerprint density at radius 1 is 1.24 bits per heavy atom. The van der Waals surface area contributed by atoms with E-state index in [-0.39, 0.29) is 41.1 Å². The zero-order valence-corrected chi connectivity index (χ0v) is 20.6. The van der Waals surface area contributed by atoms with Gasteiger partial charge in [-0.2, -0.15) is 23.5 Å². The summed E-state index contributed by atoms with van der Waals surface area (Å²) in [5.41, 5.74) is 2.08. The lowest BCUT2D eigenvalue weighted by atomic mass is 10.1. The highest BCUT2D eigenvalue weighted by molar-refractivity contribution is 6.13. The average molecular weight is 528 g/mol. The molecule has 0 aliphatic carbocycles. The Kier molecular flexibility index (Phi) is 7.68. The molecule has 2 heterocycles. The van der Waals surface area contributed by atoms with Gasteiger partial charge in [-0.15, -0.1) is 0 Å². The molecule has 1 aliphatic heterocycles. The molecule has 0 spiro atoms. The number of methoxy groups -OCH3 is 1. The molecule has 1 N–H and O–H groups in total. The fraction of sp³-hybridized carbons (Fsp3) is 0.308. The molecule has 198 valence electrons. The van der Waals surface area contributed by atoms with Crippen LogP contribution in [0, 0.1) is 11.3 Å². The molecule has 1 aliphatic rings. The van der Waals surface area contributed by atoms with Crippen LogP contribution in [-0.2, 0) is 17.9 Å². The lowest BCUT2D eigenvalue weighted by Gasteiger charge is -2.34. The number of benzene rings is 2. The van der Waals surface area contributed by atoms with Crippen LogP contribution in [0.15, 0.2) is 48.7 Å². The molecule has 1 aromatic heterocycles. The number of halogens is 3. The molecule has 2 amide bonds. The van der Waals surface area contributed by atoms with Gasteiger partial charge in [-0.25, -0.2) is 0 Å². The van der Waals surface area contributed by atoms with Crippen LogP contribution in [0.2, 0.25) is 0 Å². The van der Waals surface area contributed by atoms with Gasteiger partial charge in [0.15, 0.2) is 0 Å². The molecule has 3 aromatic rings. The maximum absolute atomic E-state index is 13.5. The van der Waals surface area contributed by atoms with Gasteiger partial charge < -0.3 is 19.7 Å². The Hall–Kier alpha value is -4.37. The molecule has 38 heavy (non-hydrogen) atoms. The molecular weight excluding hydrogens is 503 g/mol. The van der Waals surface area contributed by atoms with Crippen LogP contribution in [0.1, 0.15) is 45.3 Å². The predicted octanol–water partition coefficient (Wildman–Crippen LogP) is 4.53. The summed E-state index contributed by atoms with van der Waals surface area (Å²) in [7, 11) is 1.42. The number of carbonyl (C=O) groups is 2. The molecular formula is C26H24F3N5O4. The SMILES string of the molecule is COc1ccc(C(=O)Nc2cnn3c2C(=O)N(c2ccc(COCCC(F)(F)F)cc2)C(C)C3)cc1C#N. The number of carbonyl (C=O) groups excluding carboxylic acids is 2. The van der Waals surface area contributed by atoms with Crippen LogP contribution in [0.4, 0.5) is 24.5 Å². The number of rotatable bonds is 8. The molecule has 9 nitrogen and oxygen atoms in total. The van der Waals surface area contributed by atoms with Crippen molar-refractivity contribution in [3.63, 3.8) is 0 Å². The van der Waals surface area contributed by atoms with Gasteiger partial charge in [0.25, 0.3) is 11.8 Å². The number of hydrogen-bond acceptors (Lipinski definition) is 6.